The zero-order chi connectivity index (χ0) is 20.0. The van der Waals surface area contributed by atoms with Crippen molar-refractivity contribution in [2.75, 3.05) is 44.6 Å². The number of hydrogen-bond donors (Lipinski definition) is 1. The van der Waals surface area contributed by atoms with Crippen LogP contribution in [0.2, 0.25) is 0 Å². The number of benzene rings is 1. The van der Waals surface area contributed by atoms with Crippen LogP contribution in [0, 0.1) is 11.8 Å². The number of carbonyl (C=O) groups is 2. The van der Waals surface area contributed by atoms with Gasteiger partial charge in [-0.05, 0) is 48.4 Å². The molecule has 2 amide bonds. The van der Waals surface area contributed by atoms with E-state index in [1.54, 1.807) is 7.11 Å². The number of anilines is 2. The zero-order valence-electron chi connectivity index (χ0n) is 17.2. The monoisotopic (exact) mass is 375 g/mol. The lowest BCUT2D eigenvalue weighted by atomic mass is 10.1. The highest BCUT2D eigenvalue weighted by Gasteiger charge is 2.27. The van der Waals surface area contributed by atoms with Crippen molar-refractivity contribution in [3.05, 3.63) is 23.8 Å². The summed E-state index contributed by atoms with van der Waals surface area (Å²) in [6.45, 7) is 5.42. The molecule has 1 aromatic rings. The SMILES string of the molecule is COCC(=O)N(Cc1cc(NC(=O)CC(C)C)ccc1N(C)C)CC1CC1. The van der Waals surface area contributed by atoms with Gasteiger partial charge in [0.05, 0.1) is 0 Å². The van der Waals surface area contributed by atoms with Crippen LogP contribution < -0.4 is 10.2 Å². The lowest BCUT2D eigenvalue weighted by molar-refractivity contribution is -0.136. The van der Waals surface area contributed by atoms with E-state index in [2.05, 4.69) is 5.32 Å². The fourth-order valence-electron chi connectivity index (χ4n) is 3.10. The quantitative estimate of drug-likeness (QED) is 0.682. The summed E-state index contributed by atoms with van der Waals surface area (Å²) in [5.74, 6) is 0.927. The summed E-state index contributed by atoms with van der Waals surface area (Å²) in [5, 5.41) is 2.97. The minimum atomic E-state index is 0.00310. The smallest absolute Gasteiger partial charge is 0.248 e. The Kier molecular flexibility index (Phi) is 7.66. The summed E-state index contributed by atoms with van der Waals surface area (Å²) in [5.41, 5.74) is 2.84. The van der Waals surface area contributed by atoms with E-state index >= 15 is 0 Å². The van der Waals surface area contributed by atoms with Crippen LogP contribution in [-0.2, 0) is 20.9 Å². The van der Waals surface area contributed by atoms with Gasteiger partial charge in [-0.3, -0.25) is 9.59 Å². The number of carbonyl (C=O) groups excluding carboxylic acids is 2. The van der Waals surface area contributed by atoms with Crippen molar-refractivity contribution < 1.29 is 14.3 Å². The Hall–Kier alpha value is -2.08. The number of nitrogens with one attached hydrogen (secondary N) is 1. The van der Waals surface area contributed by atoms with Crippen LogP contribution in [0.15, 0.2) is 18.2 Å². The molecule has 27 heavy (non-hydrogen) atoms. The largest absolute Gasteiger partial charge is 0.377 e. The Morgan fingerprint density at radius 1 is 1.26 bits per heavy atom. The standard InChI is InChI=1S/C21H33N3O3/c1-15(2)10-20(25)22-18-8-9-19(23(3)4)17(11-18)13-24(12-16-6-7-16)21(26)14-27-5/h8-9,11,15-16H,6-7,10,12-14H2,1-5H3,(H,22,25). The maximum atomic E-state index is 12.5. The topological polar surface area (TPSA) is 61.9 Å². The molecule has 0 aromatic heterocycles. The second kappa shape index (κ2) is 9.74. The average molecular weight is 376 g/mol. The van der Waals surface area contributed by atoms with Gasteiger partial charge in [0.15, 0.2) is 0 Å². The van der Waals surface area contributed by atoms with Gasteiger partial charge >= 0.3 is 0 Å². The molecule has 150 valence electrons. The Labute approximate surface area is 162 Å². The molecule has 6 nitrogen and oxygen atoms in total. The van der Waals surface area contributed by atoms with Gasteiger partial charge in [-0.15, -0.1) is 0 Å². The number of hydrogen-bond acceptors (Lipinski definition) is 4. The molecule has 1 N–H and O–H groups in total. The van der Waals surface area contributed by atoms with Gasteiger partial charge in [-0.2, -0.15) is 0 Å². The van der Waals surface area contributed by atoms with Crippen LogP contribution in [0.4, 0.5) is 11.4 Å². The van der Waals surface area contributed by atoms with Crippen molar-refractivity contribution in [3.8, 4) is 0 Å². The van der Waals surface area contributed by atoms with Gasteiger partial charge in [-0.25, -0.2) is 0 Å². The Morgan fingerprint density at radius 2 is 1.96 bits per heavy atom. The minimum absolute atomic E-state index is 0.00310. The van der Waals surface area contributed by atoms with Crippen LogP contribution in [0.5, 0.6) is 0 Å². The summed E-state index contributed by atoms with van der Waals surface area (Å²) in [7, 11) is 5.51. The van der Waals surface area contributed by atoms with E-state index in [0.29, 0.717) is 24.8 Å². The van der Waals surface area contributed by atoms with E-state index in [0.717, 1.165) is 23.5 Å². The third kappa shape index (κ3) is 6.86. The highest BCUT2D eigenvalue weighted by molar-refractivity contribution is 5.91. The molecule has 1 aliphatic carbocycles. The Balaban J connectivity index is 2.20. The first-order valence-electron chi connectivity index (χ1n) is 9.67. The van der Waals surface area contributed by atoms with Crippen molar-refractivity contribution in [3.63, 3.8) is 0 Å². The molecular weight excluding hydrogens is 342 g/mol. The first kappa shape index (κ1) is 21.2. The average Bonchev–Trinajstić information content (AvgIpc) is 3.37. The van der Waals surface area contributed by atoms with Crippen molar-refractivity contribution in [1.82, 2.24) is 4.90 Å². The molecule has 0 spiro atoms. The van der Waals surface area contributed by atoms with Gasteiger partial charge in [0.25, 0.3) is 0 Å². The van der Waals surface area contributed by atoms with Crippen LogP contribution in [0.1, 0.15) is 38.7 Å². The van der Waals surface area contributed by atoms with Gasteiger partial charge < -0.3 is 19.9 Å². The zero-order valence-corrected chi connectivity index (χ0v) is 17.2. The maximum absolute atomic E-state index is 12.5. The molecule has 0 atom stereocenters. The molecule has 1 fully saturated rings. The van der Waals surface area contributed by atoms with Gasteiger partial charge in [0.1, 0.15) is 6.61 Å². The Morgan fingerprint density at radius 3 is 2.52 bits per heavy atom. The van der Waals surface area contributed by atoms with Crippen molar-refractivity contribution in [2.45, 2.75) is 39.7 Å². The highest BCUT2D eigenvalue weighted by Crippen LogP contribution is 2.31. The summed E-state index contributed by atoms with van der Waals surface area (Å²) in [4.78, 5) is 28.5. The number of amides is 2. The van der Waals surface area contributed by atoms with Gasteiger partial charge in [0, 0.05) is 52.1 Å². The molecule has 0 bridgehead atoms. The van der Waals surface area contributed by atoms with E-state index < -0.39 is 0 Å². The summed E-state index contributed by atoms with van der Waals surface area (Å²) in [6, 6.07) is 5.89. The van der Waals surface area contributed by atoms with Crippen LogP contribution >= 0.6 is 0 Å². The third-order valence-corrected chi connectivity index (χ3v) is 4.60. The Bertz CT molecular complexity index is 654. The molecule has 1 saturated carbocycles. The fourth-order valence-corrected chi connectivity index (χ4v) is 3.10. The number of nitrogens with zero attached hydrogens (tertiary/aromatic N) is 2. The molecule has 0 heterocycles. The second-order valence-electron chi connectivity index (χ2n) is 8.03. The number of ether oxygens (including phenoxy) is 1. The summed E-state index contributed by atoms with van der Waals surface area (Å²) >= 11 is 0. The molecular formula is C21H33N3O3. The molecule has 6 heteroatoms. The summed E-state index contributed by atoms with van der Waals surface area (Å²) in [6.07, 6.45) is 2.86. The normalized spacial score (nSPS) is 13.6. The number of methoxy groups -OCH3 is 1. The van der Waals surface area contributed by atoms with Crippen molar-refractivity contribution in [2.24, 2.45) is 11.8 Å². The van der Waals surface area contributed by atoms with Crippen molar-refractivity contribution in [1.29, 1.82) is 0 Å². The lowest BCUT2D eigenvalue weighted by Gasteiger charge is -2.26. The number of rotatable bonds is 10. The maximum Gasteiger partial charge on any atom is 0.248 e. The molecule has 0 saturated heterocycles. The first-order valence-corrected chi connectivity index (χ1v) is 9.67. The fraction of sp³-hybridized carbons (Fsp3) is 0.619. The molecule has 1 aromatic carbocycles. The third-order valence-electron chi connectivity index (χ3n) is 4.60. The second-order valence-corrected chi connectivity index (χ2v) is 8.03. The molecule has 0 unspecified atom stereocenters. The summed E-state index contributed by atoms with van der Waals surface area (Å²) < 4.78 is 5.06. The minimum Gasteiger partial charge on any atom is -0.377 e. The highest BCUT2D eigenvalue weighted by atomic mass is 16.5. The van der Waals surface area contributed by atoms with Crippen LogP contribution in [-0.4, -0.2) is 51.1 Å². The van der Waals surface area contributed by atoms with E-state index in [4.69, 9.17) is 4.74 Å². The molecule has 2 rings (SSSR count). The van der Waals surface area contributed by atoms with Crippen molar-refractivity contribution >= 4 is 23.2 Å². The molecule has 1 aliphatic rings. The first-order chi connectivity index (χ1) is 12.8. The predicted molar refractivity (Wildman–Crippen MR) is 109 cm³/mol. The van der Waals surface area contributed by atoms with Crippen LogP contribution in [0.25, 0.3) is 0 Å². The predicted octanol–water partition coefficient (Wildman–Crippen LogP) is 3.12. The molecule has 0 radical (unpaired) electrons. The molecule has 0 aliphatic heterocycles. The lowest BCUT2D eigenvalue weighted by Crippen LogP contribution is -2.35. The van der Waals surface area contributed by atoms with Crippen LogP contribution in [0.3, 0.4) is 0 Å². The van der Waals surface area contributed by atoms with Gasteiger partial charge in [-0.1, -0.05) is 13.8 Å². The van der Waals surface area contributed by atoms with Gasteiger partial charge in [0.2, 0.25) is 11.8 Å². The van der Waals surface area contributed by atoms with E-state index in [9.17, 15) is 9.59 Å². The van der Waals surface area contributed by atoms with E-state index in [1.807, 2.05) is 55.9 Å². The van der Waals surface area contributed by atoms with E-state index in [-0.39, 0.29) is 18.4 Å². The van der Waals surface area contributed by atoms with E-state index in [1.165, 1.54) is 12.8 Å².